The van der Waals surface area contributed by atoms with Gasteiger partial charge >= 0.3 is 6.18 Å². The minimum atomic E-state index is -4.46. The standard InChI is InChI=1S/C21H28F3N3O2/c1-29-16-7-5-15(6-8-16)27-13-10-20(19(27)28)9-3-12-26(14-20)18-17(21(22,23)24)4-2-11-25-18/h2,4,11,15-16H,3,5-10,12-14H2,1H3/t15-,16-,20-/m1/s1. The fraction of sp³-hybridized carbons (Fsp3) is 0.714. The number of hydrogen-bond acceptors (Lipinski definition) is 4. The number of piperidine rings is 1. The topological polar surface area (TPSA) is 45.7 Å². The lowest BCUT2D eigenvalue weighted by Crippen LogP contribution is -2.50. The van der Waals surface area contributed by atoms with Crippen molar-refractivity contribution in [2.24, 2.45) is 5.41 Å². The number of carbonyl (C=O) groups is 1. The van der Waals surface area contributed by atoms with Crippen molar-refractivity contribution in [3.8, 4) is 0 Å². The lowest BCUT2D eigenvalue weighted by molar-refractivity contribution is -0.139. The number of aromatic nitrogens is 1. The molecule has 3 heterocycles. The van der Waals surface area contributed by atoms with Gasteiger partial charge in [-0.3, -0.25) is 4.79 Å². The van der Waals surface area contributed by atoms with Crippen LogP contribution in [-0.2, 0) is 15.7 Å². The maximum Gasteiger partial charge on any atom is 0.419 e. The molecule has 29 heavy (non-hydrogen) atoms. The first-order valence-corrected chi connectivity index (χ1v) is 10.4. The molecule has 1 saturated carbocycles. The van der Waals surface area contributed by atoms with Gasteiger partial charge in [-0.05, 0) is 57.1 Å². The van der Waals surface area contributed by atoms with Gasteiger partial charge in [-0.2, -0.15) is 13.2 Å². The van der Waals surface area contributed by atoms with Crippen molar-refractivity contribution in [2.75, 3.05) is 31.6 Å². The molecule has 8 heteroatoms. The Labute approximate surface area is 169 Å². The van der Waals surface area contributed by atoms with E-state index < -0.39 is 17.2 Å². The lowest BCUT2D eigenvalue weighted by Gasteiger charge is -2.41. The quantitative estimate of drug-likeness (QED) is 0.757. The van der Waals surface area contributed by atoms with Crippen LogP contribution < -0.4 is 4.90 Å². The summed E-state index contributed by atoms with van der Waals surface area (Å²) in [5.41, 5.74) is -1.31. The summed E-state index contributed by atoms with van der Waals surface area (Å²) < 4.78 is 45.8. The van der Waals surface area contributed by atoms with Crippen LogP contribution in [0, 0.1) is 5.41 Å². The number of halogens is 3. The fourth-order valence-corrected chi connectivity index (χ4v) is 5.35. The Hall–Kier alpha value is -1.83. The first-order valence-electron chi connectivity index (χ1n) is 10.4. The van der Waals surface area contributed by atoms with Crippen LogP contribution in [0.15, 0.2) is 18.3 Å². The zero-order chi connectivity index (χ0) is 20.6. The van der Waals surface area contributed by atoms with E-state index in [0.29, 0.717) is 32.5 Å². The molecule has 160 valence electrons. The molecule has 1 amide bonds. The molecular weight excluding hydrogens is 383 g/mol. The molecule has 0 radical (unpaired) electrons. The molecule has 4 rings (SSSR count). The SMILES string of the molecule is CO[C@H]1CC[C@H](N2CC[C@@]3(CCCN(c4ncccc4C(F)(F)F)C3)C2=O)CC1. The number of methoxy groups -OCH3 is 1. The third-order valence-electron chi connectivity index (χ3n) is 6.93. The van der Waals surface area contributed by atoms with Crippen LogP contribution in [0.2, 0.25) is 0 Å². The summed E-state index contributed by atoms with van der Waals surface area (Å²) in [4.78, 5) is 21.1. The zero-order valence-electron chi connectivity index (χ0n) is 16.7. The van der Waals surface area contributed by atoms with Gasteiger partial charge in [0.2, 0.25) is 5.91 Å². The Kier molecular flexibility index (Phi) is 5.48. The average molecular weight is 411 g/mol. The number of anilines is 1. The Bertz CT molecular complexity index is 749. The molecule has 1 spiro atoms. The van der Waals surface area contributed by atoms with Crippen LogP contribution in [0.3, 0.4) is 0 Å². The second-order valence-corrected chi connectivity index (χ2v) is 8.59. The highest BCUT2D eigenvalue weighted by molar-refractivity contribution is 5.86. The number of ether oxygens (including phenoxy) is 1. The van der Waals surface area contributed by atoms with Crippen molar-refractivity contribution in [1.82, 2.24) is 9.88 Å². The highest BCUT2D eigenvalue weighted by Gasteiger charge is 2.51. The molecule has 2 saturated heterocycles. The van der Waals surface area contributed by atoms with E-state index in [1.165, 1.54) is 12.3 Å². The van der Waals surface area contributed by atoms with E-state index >= 15 is 0 Å². The van der Waals surface area contributed by atoms with Gasteiger partial charge in [0.15, 0.2) is 0 Å². The third-order valence-corrected chi connectivity index (χ3v) is 6.93. The minimum Gasteiger partial charge on any atom is -0.381 e. The normalized spacial score (nSPS) is 31.0. The van der Waals surface area contributed by atoms with Crippen molar-refractivity contribution in [1.29, 1.82) is 0 Å². The zero-order valence-corrected chi connectivity index (χ0v) is 16.7. The monoisotopic (exact) mass is 411 g/mol. The molecule has 1 aromatic heterocycles. The molecule has 0 N–H and O–H groups in total. The van der Waals surface area contributed by atoms with E-state index in [0.717, 1.165) is 38.2 Å². The highest BCUT2D eigenvalue weighted by atomic mass is 19.4. The number of nitrogens with zero attached hydrogens (tertiary/aromatic N) is 3. The first-order chi connectivity index (χ1) is 13.8. The van der Waals surface area contributed by atoms with E-state index in [9.17, 15) is 18.0 Å². The molecule has 2 aliphatic heterocycles. The smallest absolute Gasteiger partial charge is 0.381 e. The molecule has 1 aliphatic carbocycles. The Morgan fingerprint density at radius 2 is 1.93 bits per heavy atom. The second-order valence-electron chi connectivity index (χ2n) is 8.59. The van der Waals surface area contributed by atoms with Crippen LogP contribution in [0.4, 0.5) is 19.0 Å². The van der Waals surface area contributed by atoms with E-state index in [4.69, 9.17) is 4.74 Å². The molecule has 1 atom stereocenters. The van der Waals surface area contributed by atoms with Gasteiger partial charge in [0, 0.05) is 39.0 Å². The number of hydrogen-bond donors (Lipinski definition) is 0. The summed E-state index contributed by atoms with van der Waals surface area (Å²) in [6.07, 6.45) is 3.12. The number of alkyl halides is 3. The van der Waals surface area contributed by atoms with Crippen LogP contribution in [0.25, 0.3) is 0 Å². The molecule has 3 fully saturated rings. The minimum absolute atomic E-state index is 0.0501. The predicted molar refractivity (Wildman–Crippen MR) is 103 cm³/mol. The Balaban J connectivity index is 1.51. The number of amides is 1. The summed E-state index contributed by atoms with van der Waals surface area (Å²) in [6.45, 7) is 1.51. The average Bonchev–Trinajstić information content (AvgIpc) is 3.03. The first kappa shape index (κ1) is 20.4. The molecule has 1 aromatic rings. The van der Waals surface area contributed by atoms with E-state index in [1.807, 2.05) is 4.90 Å². The van der Waals surface area contributed by atoms with E-state index in [-0.39, 0.29) is 23.9 Å². The Morgan fingerprint density at radius 3 is 2.62 bits per heavy atom. The van der Waals surface area contributed by atoms with Crippen molar-refractivity contribution in [2.45, 2.75) is 63.3 Å². The molecule has 3 aliphatic rings. The maximum absolute atomic E-state index is 13.5. The molecular formula is C21H28F3N3O2. The number of likely N-dealkylation sites (tertiary alicyclic amines) is 1. The summed E-state index contributed by atoms with van der Waals surface area (Å²) in [5.74, 6) is 0.0680. The van der Waals surface area contributed by atoms with Gasteiger partial charge < -0.3 is 14.5 Å². The fourth-order valence-electron chi connectivity index (χ4n) is 5.35. The van der Waals surface area contributed by atoms with Gasteiger partial charge in [-0.25, -0.2) is 4.98 Å². The van der Waals surface area contributed by atoms with Gasteiger partial charge in [-0.1, -0.05) is 0 Å². The second kappa shape index (κ2) is 7.78. The summed E-state index contributed by atoms with van der Waals surface area (Å²) in [7, 11) is 1.73. The van der Waals surface area contributed by atoms with Crippen LogP contribution in [0.5, 0.6) is 0 Å². The van der Waals surface area contributed by atoms with Crippen LogP contribution >= 0.6 is 0 Å². The highest BCUT2D eigenvalue weighted by Crippen LogP contribution is 2.45. The molecule has 0 unspecified atom stereocenters. The van der Waals surface area contributed by atoms with Crippen molar-refractivity contribution >= 4 is 11.7 Å². The lowest BCUT2D eigenvalue weighted by atomic mass is 9.78. The summed E-state index contributed by atoms with van der Waals surface area (Å²) >= 11 is 0. The van der Waals surface area contributed by atoms with Crippen molar-refractivity contribution in [3.63, 3.8) is 0 Å². The Morgan fingerprint density at radius 1 is 1.17 bits per heavy atom. The van der Waals surface area contributed by atoms with E-state index in [1.54, 1.807) is 12.0 Å². The summed E-state index contributed by atoms with van der Waals surface area (Å²) in [5, 5.41) is 0. The molecule has 5 nitrogen and oxygen atoms in total. The van der Waals surface area contributed by atoms with Crippen LogP contribution in [0.1, 0.15) is 50.5 Å². The third kappa shape index (κ3) is 3.83. The number of rotatable bonds is 3. The number of pyridine rings is 1. The van der Waals surface area contributed by atoms with Crippen LogP contribution in [-0.4, -0.2) is 54.7 Å². The summed E-state index contributed by atoms with van der Waals surface area (Å²) in [6, 6.07) is 2.61. The van der Waals surface area contributed by atoms with Crippen molar-refractivity contribution < 1.29 is 22.7 Å². The maximum atomic E-state index is 13.5. The van der Waals surface area contributed by atoms with Gasteiger partial charge in [0.1, 0.15) is 5.82 Å². The predicted octanol–water partition coefficient (Wildman–Crippen LogP) is 3.88. The largest absolute Gasteiger partial charge is 0.419 e. The molecule has 0 aromatic carbocycles. The van der Waals surface area contributed by atoms with Gasteiger partial charge in [0.25, 0.3) is 0 Å². The van der Waals surface area contributed by atoms with Crippen molar-refractivity contribution in [3.05, 3.63) is 23.9 Å². The van der Waals surface area contributed by atoms with Gasteiger partial charge in [0.05, 0.1) is 17.1 Å². The van der Waals surface area contributed by atoms with Gasteiger partial charge in [-0.15, -0.1) is 0 Å². The molecule has 0 bridgehead atoms. The van der Waals surface area contributed by atoms with E-state index in [2.05, 4.69) is 4.98 Å². The number of carbonyl (C=O) groups excluding carboxylic acids is 1.